The number of halogens is 9. The summed E-state index contributed by atoms with van der Waals surface area (Å²) in [5, 5.41) is 15.0. The van der Waals surface area contributed by atoms with E-state index in [4.69, 9.17) is 21.2 Å². The fraction of sp³-hybridized carbons (Fsp3) is 0.235. The second kappa shape index (κ2) is 7.46. The number of aromatic nitrogens is 3. The first-order valence-electron chi connectivity index (χ1n) is 8.15. The summed E-state index contributed by atoms with van der Waals surface area (Å²) >= 11 is 5.73. The molecule has 0 aliphatic rings. The highest BCUT2D eigenvalue weighted by Crippen LogP contribution is 2.50. The van der Waals surface area contributed by atoms with E-state index in [9.17, 15) is 39.9 Å². The number of benzene rings is 1. The zero-order valence-electron chi connectivity index (χ0n) is 15.3. The Bertz CT molecular complexity index is 1200. The largest absolute Gasteiger partial charge is 0.478 e. The Kier molecular flexibility index (Phi) is 5.48. The summed E-state index contributed by atoms with van der Waals surface area (Å²) in [6.07, 6.45) is -12.0. The minimum Gasteiger partial charge on any atom is -0.478 e. The van der Waals surface area contributed by atoms with Gasteiger partial charge in [0, 0.05) is 18.7 Å². The van der Waals surface area contributed by atoms with Crippen molar-refractivity contribution in [1.29, 1.82) is 0 Å². The van der Waals surface area contributed by atoms with Crippen LogP contribution in [0.5, 0.6) is 0 Å². The van der Waals surface area contributed by atoms with Crippen LogP contribution in [0, 0.1) is 0 Å². The molecule has 0 radical (unpaired) electrons. The van der Waals surface area contributed by atoms with E-state index in [0.29, 0.717) is 0 Å². The highest BCUT2D eigenvalue weighted by molar-refractivity contribution is 6.33. The van der Waals surface area contributed by atoms with Crippen LogP contribution < -0.4 is 0 Å². The lowest BCUT2D eigenvalue weighted by molar-refractivity contribution is -0.292. The smallest absolute Gasteiger partial charge is 0.459 e. The fourth-order valence-corrected chi connectivity index (χ4v) is 3.00. The first-order valence-corrected chi connectivity index (χ1v) is 8.53. The standard InChI is InChI=1S/C17H8ClF8N3O3/c1-29-12(11(16(21,22)23)13(27-29)15(19,20)17(24,25)26)9-5-10(32-28-9)6-2-3-8(18)7(4-6)14(30)31/h2-5H,1H3,(H,30,31). The van der Waals surface area contributed by atoms with Crippen LogP contribution in [0.3, 0.4) is 0 Å². The van der Waals surface area contributed by atoms with Gasteiger partial charge in [-0.3, -0.25) is 4.68 Å². The van der Waals surface area contributed by atoms with Gasteiger partial charge in [0.25, 0.3) is 0 Å². The molecule has 0 atom stereocenters. The fourth-order valence-electron chi connectivity index (χ4n) is 2.81. The molecule has 1 N–H and O–H groups in total. The van der Waals surface area contributed by atoms with Gasteiger partial charge in [-0.1, -0.05) is 16.8 Å². The molecule has 2 aromatic heterocycles. The predicted octanol–water partition coefficient (Wildman–Crippen LogP) is 5.77. The van der Waals surface area contributed by atoms with Crippen LogP contribution in [0.2, 0.25) is 5.02 Å². The molecule has 0 aliphatic heterocycles. The van der Waals surface area contributed by atoms with E-state index < -0.39 is 46.9 Å². The second-order valence-corrected chi connectivity index (χ2v) is 6.75. The van der Waals surface area contributed by atoms with Crippen molar-refractivity contribution in [3.05, 3.63) is 46.1 Å². The number of hydrogen-bond donors (Lipinski definition) is 1. The molecule has 0 saturated carbocycles. The van der Waals surface area contributed by atoms with Crippen LogP contribution in [0.4, 0.5) is 35.1 Å². The number of aromatic carboxylic acids is 1. The molecule has 0 bridgehead atoms. The highest BCUT2D eigenvalue weighted by atomic mass is 35.5. The van der Waals surface area contributed by atoms with Crippen molar-refractivity contribution in [3.8, 4) is 22.7 Å². The van der Waals surface area contributed by atoms with Crippen LogP contribution in [-0.4, -0.2) is 32.2 Å². The minimum atomic E-state index is -6.34. The van der Waals surface area contributed by atoms with E-state index in [1.165, 1.54) is 6.07 Å². The number of carboxylic acid groups (broad SMARTS) is 1. The van der Waals surface area contributed by atoms with Gasteiger partial charge in [0.05, 0.1) is 10.6 Å². The normalized spacial score (nSPS) is 12.9. The lowest BCUT2D eigenvalue weighted by atomic mass is 10.0. The molecule has 3 rings (SSSR count). The van der Waals surface area contributed by atoms with Crippen molar-refractivity contribution in [2.75, 3.05) is 0 Å². The van der Waals surface area contributed by atoms with Crippen molar-refractivity contribution in [1.82, 2.24) is 14.9 Å². The first kappa shape index (κ1) is 23.5. The maximum absolute atomic E-state index is 13.8. The Morgan fingerprint density at radius 3 is 2.25 bits per heavy atom. The van der Waals surface area contributed by atoms with Gasteiger partial charge in [-0.25, -0.2) is 4.79 Å². The molecular formula is C17H8ClF8N3O3. The van der Waals surface area contributed by atoms with Crippen molar-refractivity contribution in [2.45, 2.75) is 18.3 Å². The molecule has 172 valence electrons. The molecule has 0 amide bonds. The van der Waals surface area contributed by atoms with Crippen LogP contribution in [0.25, 0.3) is 22.7 Å². The number of nitrogens with zero attached hydrogens (tertiary/aromatic N) is 3. The molecule has 0 saturated heterocycles. The van der Waals surface area contributed by atoms with Gasteiger partial charge in [-0.2, -0.15) is 40.2 Å². The molecule has 0 aliphatic carbocycles. The minimum absolute atomic E-state index is 0.0119. The topological polar surface area (TPSA) is 81.2 Å². The van der Waals surface area contributed by atoms with Gasteiger partial charge in [-0.15, -0.1) is 0 Å². The number of hydrogen-bond acceptors (Lipinski definition) is 4. The molecule has 32 heavy (non-hydrogen) atoms. The van der Waals surface area contributed by atoms with E-state index in [1.807, 2.05) is 0 Å². The van der Waals surface area contributed by atoms with Gasteiger partial charge < -0.3 is 9.63 Å². The van der Waals surface area contributed by atoms with Gasteiger partial charge in [0.15, 0.2) is 11.5 Å². The Morgan fingerprint density at radius 1 is 1.09 bits per heavy atom. The highest BCUT2D eigenvalue weighted by Gasteiger charge is 2.64. The molecule has 15 heteroatoms. The maximum atomic E-state index is 13.8. The number of carboxylic acids is 1. The van der Waals surface area contributed by atoms with Gasteiger partial charge >= 0.3 is 24.2 Å². The molecule has 0 spiro atoms. The van der Waals surface area contributed by atoms with Crippen LogP contribution in [0.15, 0.2) is 28.8 Å². The SMILES string of the molecule is Cn1nc(C(F)(F)C(F)(F)F)c(C(F)(F)F)c1-c1cc(-c2ccc(Cl)c(C(=O)O)c2)on1. The Labute approximate surface area is 177 Å². The zero-order valence-corrected chi connectivity index (χ0v) is 16.1. The lowest BCUT2D eigenvalue weighted by Crippen LogP contribution is -2.36. The third kappa shape index (κ3) is 3.89. The number of alkyl halides is 8. The lowest BCUT2D eigenvalue weighted by Gasteiger charge is -2.19. The van der Waals surface area contributed by atoms with Crippen molar-refractivity contribution in [2.24, 2.45) is 7.05 Å². The molecule has 3 aromatic rings. The Hall–Kier alpha value is -3.16. The third-order valence-electron chi connectivity index (χ3n) is 4.22. The van der Waals surface area contributed by atoms with Crippen LogP contribution >= 0.6 is 11.6 Å². The maximum Gasteiger partial charge on any atom is 0.459 e. The van der Waals surface area contributed by atoms with E-state index in [2.05, 4.69) is 10.3 Å². The molecular weight excluding hydrogens is 482 g/mol. The number of aryl methyl sites for hydroxylation is 1. The summed E-state index contributed by atoms with van der Waals surface area (Å²) in [5.41, 5.74) is -7.26. The summed E-state index contributed by atoms with van der Waals surface area (Å²) in [4.78, 5) is 11.2. The van der Waals surface area contributed by atoms with Crippen LogP contribution in [-0.2, 0) is 19.1 Å². The predicted molar refractivity (Wildman–Crippen MR) is 91.1 cm³/mol. The summed E-state index contributed by atoms with van der Waals surface area (Å²) in [6.45, 7) is 0. The van der Waals surface area contributed by atoms with Crippen molar-refractivity contribution < 1.29 is 49.5 Å². The molecule has 0 unspecified atom stereocenters. The average molecular weight is 490 g/mol. The Morgan fingerprint density at radius 2 is 1.72 bits per heavy atom. The first-order chi connectivity index (χ1) is 14.6. The summed E-state index contributed by atoms with van der Waals surface area (Å²) in [5.74, 6) is -7.65. The van der Waals surface area contributed by atoms with E-state index >= 15 is 0 Å². The van der Waals surface area contributed by atoms with E-state index in [0.717, 1.165) is 25.2 Å². The molecule has 0 fully saturated rings. The Balaban J connectivity index is 2.20. The number of rotatable bonds is 4. The quantitative estimate of drug-likeness (QED) is 0.471. The second-order valence-electron chi connectivity index (χ2n) is 6.34. The van der Waals surface area contributed by atoms with Crippen molar-refractivity contribution in [3.63, 3.8) is 0 Å². The monoisotopic (exact) mass is 489 g/mol. The molecule has 2 heterocycles. The van der Waals surface area contributed by atoms with Crippen LogP contribution in [0.1, 0.15) is 21.6 Å². The zero-order chi connectivity index (χ0) is 24.2. The van der Waals surface area contributed by atoms with Gasteiger partial charge in [0.2, 0.25) is 0 Å². The molecule has 6 nitrogen and oxygen atoms in total. The molecule has 1 aromatic carbocycles. The summed E-state index contributed by atoms with van der Waals surface area (Å²) < 4.78 is 111. The summed E-state index contributed by atoms with van der Waals surface area (Å²) in [7, 11) is 0.722. The van der Waals surface area contributed by atoms with Gasteiger partial charge in [-0.05, 0) is 18.2 Å². The average Bonchev–Trinajstić information content (AvgIpc) is 3.25. The van der Waals surface area contributed by atoms with Gasteiger partial charge in [0.1, 0.15) is 17.0 Å². The third-order valence-corrected chi connectivity index (χ3v) is 4.55. The van der Waals surface area contributed by atoms with Crippen molar-refractivity contribution >= 4 is 17.6 Å². The van der Waals surface area contributed by atoms with E-state index in [-0.39, 0.29) is 26.6 Å². The number of carbonyl (C=O) groups is 1. The van der Waals surface area contributed by atoms with E-state index in [1.54, 1.807) is 0 Å². The summed E-state index contributed by atoms with van der Waals surface area (Å²) in [6, 6.07) is 4.19.